The van der Waals surface area contributed by atoms with E-state index in [1.54, 1.807) is 12.1 Å². The summed E-state index contributed by atoms with van der Waals surface area (Å²) in [4.78, 5) is 17.6. The van der Waals surface area contributed by atoms with Gasteiger partial charge in [-0.25, -0.2) is 0 Å². The SMILES string of the molecule is O=c1/c(=C/c2cccc(Cl)c2)sc2nc(-c3ccccc3Br)nn12. The molecule has 0 aliphatic carbocycles. The van der Waals surface area contributed by atoms with Gasteiger partial charge in [-0.05, 0) is 35.9 Å². The van der Waals surface area contributed by atoms with Gasteiger partial charge in [0.25, 0.3) is 5.56 Å². The fourth-order valence-corrected chi connectivity index (χ4v) is 3.91. The second kappa shape index (κ2) is 6.12. The van der Waals surface area contributed by atoms with E-state index in [-0.39, 0.29) is 5.56 Å². The van der Waals surface area contributed by atoms with Gasteiger partial charge < -0.3 is 0 Å². The average molecular weight is 419 g/mol. The zero-order valence-electron chi connectivity index (χ0n) is 12.1. The van der Waals surface area contributed by atoms with Crippen molar-refractivity contribution in [1.29, 1.82) is 0 Å². The lowest BCUT2D eigenvalue weighted by molar-refractivity contribution is 0.936. The monoisotopic (exact) mass is 417 g/mol. The predicted octanol–water partition coefficient (Wildman–Crippen LogP) is 3.78. The molecule has 2 aromatic carbocycles. The Balaban J connectivity index is 1.85. The molecule has 0 radical (unpaired) electrons. The highest BCUT2D eigenvalue weighted by atomic mass is 79.9. The van der Waals surface area contributed by atoms with Crippen LogP contribution in [-0.2, 0) is 0 Å². The van der Waals surface area contributed by atoms with E-state index in [0.29, 0.717) is 20.3 Å². The molecule has 0 atom stereocenters. The van der Waals surface area contributed by atoms with Gasteiger partial charge in [0.1, 0.15) is 0 Å². The van der Waals surface area contributed by atoms with E-state index in [0.717, 1.165) is 15.6 Å². The summed E-state index contributed by atoms with van der Waals surface area (Å²) in [5, 5.41) is 4.98. The van der Waals surface area contributed by atoms with E-state index in [1.807, 2.05) is 42.5 Å². The first-order valence-corrected chi connectivity index (χ1v) is 9.02. The highest BCUT2D eigenvalue weighted by molar-refractivity contribution is 9.10. The molecular weight excluding hydrogens is 410 g/mol. The summed E-state index contributed by atoms with van der Waals surface area (Å²) in [6.07, 6.45) is 1.80. The lowest BCUT2D eigenvalue weighted by Gasteiger charge is -1.97. The first kappa shape index (κ1) is 15.5. The van der Waals surface area contributed by atoms with Crippen LogP contribution in [0.1, 0.15) is 5.56 Å². The molecular formula is C17H9BrClN3OS. The highest BCUT2D eigenvalue weighted by Crippen LogP contribution is 2.25. The summed E-state index contributed by atoms with van der Waals surface area (Å²) < 4.78 is 2.81. The van der Waals surface area contributed by atoms with Crippen LogP contribution in [0, 0.1) is 0 Å². The molecule has 0 aliphatic heterocycles. The molecule has 0 N–H and O–H groups in total. The standard InChI is InChI=1S/C17H9BrClN3OS/c18-13-7-2-1-6-12(13)15-20-17-22(21-15)16(23)14(24-17)9-10-4-3-5-11(19)8-10/h1-9H/b14-9-. The van der Waals surface area contributed by atoms with Crippen LogP contribution in [0.15, 0.2) is 57.8 Å². The molecule has 2 aromatic heterocycles. The number of rotatable bonds is 2. The summed E-state index contributed by atoms with van der Waals surface area (Å²) in [5.74, 6) is 0.528. The van der Waals surface area contributed by atoms with Crippen LogP contribution in [0.5, 0.6) is 0 Å². The average Bonchev–Trinajstić information content (AvgIpc) is 3.08. The minimum Gasteiger partial charge on any atom is -0.266 e. The van der Waals surface area contributed by atoms with Crippen molar-refractivity contribution in [2.45, 2.75) is 0 Å². The van der Waals surface area contributed by atoms with Gasteiger partial charge in [-0.15, -0.1) is 5.10 Å². The molecule has 4 aromatic rings. The van der Waals surface area contributed by atoms with Crippen molar-refractivity contribution in [3.8, 4) is 11.4 Å². The van der Waals surface area contributed by atoms with Gasteiger partial charge in [0, 0.05) is 15.1 Å². The van der Waals surface area contributed by atoms with Gasteiger partial charge >= 0.3 is 0 Å². The van der Waals surface area contributed by atoms with Crippen molar-refractivity contribution in [3.05, 3.63) is 78.5 Å². The van der Waals surface area contributed by atoms with E-state index < -0.39 is 0 Å². The van der Waals surface area contributed by atoms with Crippen LogP contribution >= 0.6 is 38.9 Å². The molecule has 0 bridgehead atoms. The van der Waals surface area contributed by atoms with Crippen LogP contribution in [-0.4, -0.2) is 14.6 Å². The fourth-order valence-electron chi connectivity index (χ4n) is 2.34. The largest absolute Gasteiger partial charge is 0.291 e. The quantitative estimate of drug-likeness (QED) is 0.498. The zero-order valence-corrected chi connectivity index (χ0v) is 15.3. The number of benzene rings is 2. The lowest BCUT2D eigenvalue weighted by Crippen LogP contribution is -2.23. The number of aromatic nitrogens is 3. The Bertz CT molecular complexity index is 1170. The Hall–Kier alpha value is -2.02. The van der Waals surface area contributed by atoms with Gasteiger partial charge in [0.2, 0.25) is 4.96 Å². The maximum Gasteiger partial charge on any atom is 0.291 e. The molecule has 7 heteroatoms. The summed E-state index contributed by atoms with van der Waals surface area (Å²) in [7, 11) is 0. The van der Waals surface area contributed by atoms with E-state index in [2.05, 4.69) is 26.0 Å². The smallest absolute Gasteiger partial charge is 0.266 e. The maximum absolute atomic E-state index is 12.5. The topological polar surface area (TPSA) is 47.3 Å². The summed E-state index contributed by atoms with van der Waals surface area (Å²) in [5.41, 5.74) is 1.55. The second-order valence-electron chi connectivity index (χ2n) is 5.08. The molecule has 118 valence electrons. The van der Waals surface area contributed by atoms with E-state index in [4.69, 9.17) is 11.6 Å². The predicted molar refractivity (Wildman–Crippen MR) is 101 cm³/mol. The number of fused-ring (bicyclic) bond motifs is 1. The Labute approximate surface area is 154 Å². The third kappa shape index (κ3) is 2.77. The summed E-state index contributed by atoms with van der Waals surface area (Å²) >= 11 is 10.8. The molecule has 0 amide bonds. The van der Waals surface area contributed by atoms with Crippen molar-refractivity contribution in [2.75, 3.05) is 0 Å². The van der Waals surface area contributed by atoms with Crippen LogP contribution in [0.3, 0.4) is 0 Å². The van der Waals surface area contributed by atoms with Crippen molar-refractivity contribution in [3.63, 3.8) is 0 Å². The Morgan fingerprint density at radius 2 is 2.00 bits per heavy atom. The normalized spacial score (nSPS) is 12.2. The summed E-state index contributed by atoms with van der Waals surface area (Å²) in [6.45, 7) is 0. The molecule has 0 spiro atoms. The zero-order chi connectivity index (χ0) is 16.7. The minimum atomic E-state index is -0.180. The molecule has 4 nitrogen and oxygen atoms in total. The number of halogens is 2. The maximum atomic E-state index is 12.5. The highest BCUT2D eigenvalue weighted by Gasteiger charge is 2.13. The molecule has 4 rings (SSSR count). The van der Waals surface area contributed by atoms with Gasteiger partial charge in [0.15, 0.2) is 5.82 Å². The van der Waals surface area contributed by atoms with Crippen LogP contribution in [0.4, 0.5) is 0 Å². The minimum absolute atomic E-state index is 0.180. The first-order chi connectivity index (χ1) is 11.6. The number of thiazole rings is 1. The number of nitrogens with zero attached hydrogens (tertiary/aromatic N) is 3. The van der Waals surface area contributed by atoms with Gasteiger partial charge in [0.05, 0.1) is 4.53 Å². The van der Waals surface area contributed by atoms with E-state index >= 15 is 0 Å². The van der Waals surface area contributed by atoms with Crippen molar-refractivity contribution in [1.82, 2.24) is 14.6 Å². The van der Waals surface area contributed by atoms with E-state index in [1.165, 1.54) is 15.9 Å². The molecule has 0 fully saturated rings. The third-order valence-electron chi connectivity index (χ3n) is 3.44. The fraction of sp³-hybridized carbons (Fsp3) is 0. The molecule has 0 saturated heterocycles. The van der Waals surface area contributed by atoms with Gasteiger partial charge in [-0.3, -0.25) is 4.79 Å². The van der Waals surface area contributed by atoms with Gasteiger partial charge in [-0.2, -0.15) is 9.50 Å². The lowest BCUT2D eigenvalue weighted by atomic mass is 10.2. The van der Waals surface area contributed by atoms with Crippen molar-refractivity contribution in [2.24, 2.45) is 0 Å². The van der Waals surface area contributed by atoms with E-state index in [9.17, 15) is 4.79 Å². The van der Waals surface area contributed by atoms with Crippen LogP contribution < -0.4 is 10.1 Å². The summed E-state index contributed by atoms with van der Waals surface area (Å²) in [6, 6.07) is 15.0. The third-order valence-corrected chi connectivity index (χ3v) is 5.33. The number of hydrogen-bond acceptors (Lipinski definition) is 4. The Morgan fingerprint density at radius 3 is 2.75 bits per heavy atom. The number of hydrogen-bond donors (Lipinski definition) is 0. The van der Waals surface area contributed by atoms with Crippen LogP contribution in [0.2, 0.25) is 5.02 Å². The first-order valence-electron chi connectivity index (χ1n) is 7.03. The molecule has 0 saturated carbocycles. The Kier molecular flexibility index (Phi) is 3.96. The second-order valence-corrected chi connectivity index (χ2v) is 7.38. The Morgan fingerprint density at radius 1 is 1.17 bits per heavy atom. The van der Waals surface area contributed by atoms with Crippen molar-refractivity contribution < 1.29 is 0 Å². The molecule has 0 aliphatic rings. The van der Waals surface area contributed by atoms with Gasteiger partial charge in [-0.1, -0.05) is 63.1 Å². The molecule has 24 heavy (non-hydrogen) atoms. The molecule has 0 unspecified atom stereocenters. The van der Waals surface area contributed by atoms with Crippen LogP contribution in [0.25, 0.3) is 22.4 Å². The van der Waals surface area contributed by atoms with Crippen molar-refractivity contribution >= 4 is 49.9 Å². The molecule has 2 heterocycles.